The van der Waals surface area contributed by atoms with E-state index >= 15 is 0 Å². The third kappa shape index (κ3) is 5.66. The Hall–Kier alpha value is -2.27. The average molecular weight is 440 g/mol. The summed E-state index contributed by atoms with van der Waals surface area (Å²) in [5.74, 6) is -0.148. The predicted octanol–water partition coefficient (Wildman–Crippen LogP) is 1.05. The van der Waals surface area contributed by atoms with Crippen molar-refractivity contribution in [2.45, 2.75) is 13.0 Å². The fourth-order valence-electron chi connectivity index (χ4n) is 3.53. The Labute approximate surface area is 179 Å². The Kier molecular flexibility index (Phi) is 7.59. The minimum atomic E-state index is -0.542. The molecule has 2 aliphatic heterocycles. The molecule has 30 heavy (non-hydrogen) atoms. The minimum Gasteiger partial charge on any atom is -0.379 e. The van der Waals surface area contributed by atoms with Crippen molar-refractivity contribution in [3.05, 3.63) is 33.3 Å². The van der Waals surface area contributed by atoms with Crippen LogP contribution in [0.5, 0.6) is 0 Å². The lowest BCUT2D eigenvalue weighted by Gasteiger charge is -2.38. The van der Waals surface area contributed by atoms with E-state index in [1.54, 1.807) is 6.92 Å². The molecule has 0 aliphatic carbocycles. The molecule has 1 aromatic carbocycles. The van der Waals surface area contributed by atoms with Gasteiger partial charge < -0.3 is 15.0 Å². The highest BCUT2D eigenvalue weighted by Gasteiger charge is 2.28. The number of ether oxygens (including phenoxy) is 1. The van der Waals surface area contributed by atoms with Gasteiger partial charge in [0.15, 0.2) is 0 Å². The van der Waals surface area contributed by atoms with Crippen molar-refractivity contribution in [3.63, 3.8) is 0 Å². The summed E-state index contributed by atoms with van der Waals surface area (Å²) in [4.78, 5) is 41.3. The smallest absolute Gasteiger partial charge is 0.271 e. The highest BCUT2D eigenvalue weighted by molar-refractivity contribution is 6.34. The van der Waals surface area contributed by atoms with Gasteiger partial charge in [-0.2, -0.15) is 0 Å². The SMILES string of the molecule is CC(C(=O)Nc1ccc([N+](=O)[O-])cc1Cl)N1CCN(C(=O)CN2CCOCC2)CC1. The molecule has 0 aromatic heterocycles. The van der Waals surface area contributed by atoms with Crippen molar-refractivity contribution in [1.29, 1.82) is 0 Å². The van der Waals surface area contributed by atoms with Crippen LogP contribution in [-0.2, 0) is 14.3 Å². The summed E-state index contributed by atoms with van der Waals surface area (Å²) in [7, 11) is 0. The first-order valence-electron chi connectivity index (χ1n) is 9.92. The normalized spacial score (nSPS) is 19.3. The lowest BCUT2D eigenvalue weighted by Crippen LogP contribution is -2.55. The van der Waals surface area contributed by atoms with Crippen molar-refractivity contribution < 1.29 is 19.2 Å². The van der Waals surface area contributed by atoms with Gasteiger partial charge >= 0.3 is 0 Å². The number of nitro benzene ring substituents is 1. The Bertz CT molecular complexity index is 794. The van der Waals surface area contributed by atoms with E-state index in [2.05, 4.69) is 10.2 Å². The number of hydrogen-bond acceptors (Lipinski definition) is 7. The maximum Gasteiger partial charge on any atom is 0.271 e. The zero-order valence-corrected chi connectivity index (χ0v) is 17.6. The van der Waals surface area contributed by atoms with Gasteiger partial charge in [-0.25, -0.2) is 0 Å². The van der Waals surface area contributed by atoms with Gasteiger partial charge in [-0.05, 0) is 13.0 Å². The van der Waals surface area contributed by atoms with Crippen LogP contribution >= 0.6 is 11.6 Å². The topological polar surface area (TPSA) is 108 Å². The first-order valence-corrected chi connectivity index (χ1v) is 10.3. The van der Waals surface area contributed by atoms with E-state index < -0.39 is 11.0 Å². The third-order valence-corrected chi connectivity index (χ3v) is 5.79. The van der Waals surface area contributed by atoms with Crippen molar-refractivity contribution in [2.75, 3.05) is 64.3 Å². The molecule has 10 nitrogen and oxygen atoms in total. The van der Waals surface area contributed by atoms with Crippen LogP contribution < -0.4 is 5.32 Å². The second kappa shape index (κ2) is 10.2. The zero-order chi connectivity index (χ0) is 21.7. The monoisotopic (exact) mass is 439 g/mol. The lowest BCUT2D eigenvalue weighted by molar-refractivity contribution is -0.384. The van der Waals surface area contributed by atoms with Gasteiger partial charge in [0.1, 0.15) is 0 Å². The molecule has 1 N–H and O–H groups in total. The Morgan fingerprint density at radius 1 is 1.20 bits per heavy atom. The number of carbonyl (C=O) groups is 2. The molecule has 2 saturated heterocycles. The molecule has 1 atom stereocenters. The molecule has 0 radical (unpaired) electrons. The summed E-state index contributed by atoms with van der Waals surface area (Å²) in [6.07, 6.45) is 0. The number of halogens is 1. The molecule has 0 saturated carbocycles. The molecular weight excluding hydrogens is 414 g/mol. The fourth-order valence-corrected chi connectivity index (χ4v) is 3.75. The second-order valence-corrected chi connectivity index (χ2v) is 7.80. The number of morpholine rings is 1. The van der Waals surface area contributed by atoms with E-state index in [1.807, 2.05) is 9.80 Å². The predicted molar refractivity (Wildman–Crippen MR) is 112 cm³/mol. The van der Waals surface area contributed by atoms with E-state index in [-0.39, 0.29) is 22.5 Å². The third-order valence-electron chi connectivity index (χ3n) is 5.48. The number of nitrogens with one attached hydrogen (secondary N) is 1. The second-order valence-electron chi connectivity index (χ2n) is 7.39. The van der Waals surface area contributed by atoms with Gasteiger partial charge in [0.2, 0.25) is 11.8 Å². The van der Waals surface area contributed by atoms with E-state index in [9.17, 15) is 19.7 Å². The van der Waals surface area contributed by atoms with Crippen molar-refractivity contribution in [2.24, 2.45) is 0 Å². The summed E-state index contributed by atoms with van der Waals surface area (Å²) in [5.41, 5.74) is 0.197. The van der Waals surface area contributed by atoms with Gasteiger partial charge in [-0.1, -0.05) is 11.6 Å². The van der Waals surface area contributed by atoms with Crippen LogP contribution in [0.25, 0.3) is 0 Å². The molecule has 2 fully saturated rings. The number of non-ortho nitro benzene ring substituents is 1. The minimum absolute atomic E-state index is 0.103. The van der Waals surface area contributed by atoms with Crippen molar-refractivity contribution in [1.82, 2.24) is 14.7 Å². The molecular formula is C19H26ClN5O5. The molecule has 1 unspecified atom stereocenters. The number of hydrogen-bond donors (Lipinski definition) is 1. The number of anilines is 1. The lowest BCUT2D eigenvalue weighted by atomic mass is 10.2. The van der Waals surface area contributed by atoms with Crippen LogP contribution in [0.2, 0.25) is 5.02 Å². The quantitative estimate of drug-likeness (QED) is 0.521. The van der Waals surface area contributed by atoms with Crippen LogP contribution in [0.15, 0.2) is 18.2 Å². The van der Waals surface area contributed by atoms with Gasteiger partial charge in [0.05, 0.1) is 41.4 Å². The zero-order valence-electron chi connectivity index (χ0n) is 16.9. The fraction of sp³-hybridized carbons (Fsp3) is 0.579. The summed E-state index contributed by atoms with van der Waals surface area (Å²) in [6, 6.07) is 3.51. The van der Waals surface area contributed by atoms with Crippen LogP contribution in [0.4, 0.5) is 11.4 Å². The van der Waals surface area contributed by atoms with E-state index in [0.29, 0.717) is 51.6 Å². The molecule has 11 heteroatoms. The number of amides is 2. The van der Waals surface area contributed by atoms with Gasteiger partial charge in [0.25, 0.3) is 5.69 Å². The molecule has 3 rings (SSSR count). The maximum absolute atomic E-state index is 12.6. The van der Waals surface area contributed by atoms with Crippen LogP contribution in [0.3, 0.4) is 0 Å². The number of carbonyl (C=O) groups excluding carboxylic acids is 2. The average Bonchev–Trinajstić information content (AvgIpc) is 2.75. The van der Waals surface area contributed by atoms with Crippen LogP contribution in [0.1, 0.15) is 6.92 Å². The molecule has 0 spiro atoms. The molecule has 0 bridgehead atoms. The summed E-state index contributed by atoms with van der Waals surface area (Å²) in [5, 5.41) is 13.6. The first-order chi connectivity index (χ1) is 14.3. The number of nitrogens with zero attached hydrogens (tertiary/aromatic N) is 4. The van der Waals surface area contributed by atoms with Crippen molar-refractivity contribution in [3.8, 4) is 0 Å². The molecule has 164 valence electrons. The van der Waals surface area contributed by atoms with E-state index in [4.69, 9.17) is 16.3 Å². The van der Waals surface area contributed by atoms with Gasteiger partial charge in [0, 0.05) is 51.4 Å². The molecule has 1 aromatic rings. The maximum atomic E-state index is 12.6. The molecule has 2 aliphatic rings. The Balaban J connectivity index is 1.48. The van der Waals surface area contributed by atoms with Crippen LogP contribution in [-0.4, -0.2) is 96.5 Å². The van der Waals surface area contributed by atoms with Gasteiger partial charge in [-0.3, -0.25) is 29.5 Å². The summed E-state index contributed by atoms with van der Waals surface area (Å²) in [6.45, 7) is 7.38. The highest BCUT2D eigenvalue weighted by atomic mass is 35.5. The van der Waals surface area contributed by atoms with Crippen molar-refractivity contribution >= 4 is 34.8 Å². The molecule has 2 amide bonds. The Morgan fingerprint density at radius 2 is 1.87 bits per heavy atom. The first kappa shape index (κ1) is 22.4. The number of rotatable bonds is 6. The van der Waals surface area contributed by atoms with Gasteiger partial charge in [-0.15, -0.1) is 0 Å². The number of piperazine rings is 1. The summed E-state index contributed by atoms with van der Waals surface area (Å²) < 4.78 is 5.31. The number of benzene rings is 1. The largest absolute Gasteiger partial charge is 0.379 e. The highest BCUT2D eigenvalue weighted by Crippen LogP contribution is 2.27. The molecule has 2 heterocycles. The van der Waals surface area contributed by atoms with E-state index in [0.717, 1.165) is 13.1 Å². The standard InChI is InChI=1S/C19H26ClN5O5/c1-14(19(27)21-17-3-2-15(25(28)29)12-16(17)20)23-4-6-24(7-5-23)18(26)13-22-8-10-30-11-9-22/h2-3,12,14H,4-11,13H2,1H3,(H,21,27). The van der Waals surface area contributed by atoms with Crippen LogP contribution in [0, 0.1) is 10.1 Å². The number of nitro groups is 1. The Morgan fingerprint density at radius 3 is 2.47 bits per heavy atom. The van der Waals surface area contributed by atoms with E-state index in [1.165, 1.54) is 18.2 Å². The summed E-state index contributed by atoms with van der Waals surface area (Å²) >= 11 is 6.05.